The highest BCUT2D eigenvalue weighted by Gasteiger charge is 2.31. The van der Waals surface area contributed by atoms with Gasteiger partial charge in [0.15, 0.2) is 0 Å². The fourth-order valence-corrected chi connectivity index (χ4v) is 4.54. The Morgan fingerprint density at radius 2 is 2.00 bits per heavy atom. The molecule has 1 fully saturated rings. The molecule has 0 radical (unpaired) electrons. The Balaban J connectivity index is 1.65. The first-order valence-electron chi connectivity index (χ1n) is 11.3. The van der Waals surface area contributed by atoms with Gasteiger partial charge in [-0.2, -0.15) is 5.26 Å². The second-order valence-corrected chi connectivity index (χ2v) is 9.61. The number of halogens is 2. The van der Waals surface area contributed by atoms with Crippen LogP contribution in [0.3, 0.4) is 0 Å². The van der Waals surface area contributed by atoms with Crippen molar-refractivity contribution in [3.05, 3.63) is 64.4 Å². The van der Waals surface area contributed by atoms with Gasteiger partial charge in [-0.15, -0.1) is 0 Å². The standard InChI is InChI=1S/C26H26Cl2N6O/c1-17-11-18(6-7-22(17)27)20-12-21-24(13-23(20)28)30-16-31-26(21)33-9-10-34(19(14-29)15-33)25(35)5-4-8-32(2)3/h4-7,11-13,16,19H,8-10,15H2,1-3H3/b5-4+. The zero-order valence-corrected chi connectivity index (χ0v) is 21.4. The lowest BCUT2D eigenvalue weighted by molar-refractivity contribution is -0.127. The van der Waals surface area contributed by atoms with Crippen molar-refractivity contribution in [2.24, 2.45) is 0 Å². The first-order chi connectivity index (χ1) is 16.8. The number of nitriles is 1. The number of carbonyl (C=O) groups is 1. The topological polar surface area (TPSA) is 76.4 Å². The number of aryl methyl sites for hydroxylation is 1. The number of piperazine rings is 1. The highest BCUT2D eigenvalue weighted by atomic mass is 35.5. The van der Waals surface area contributed by atoms with E-state index in [2.05, 4.69) is 16.0 Å². The van der Waals surface area contributed by atoms with Crippen molar-refractivity contribution >= 4 is 45.8 Å². The molecule has 0 spiro atoms. The molecule has 180 valence electrons. The molecule has 1 unspecified atom stereocenters. The Morgan fingerprint density at radius 3 is 2.71 bits per heavy atom. The molecule has 0 saturated carbocycles. The van der Waals surface area contributed by atoms with Gasteiger partial charge in [0, 0.05) is 41.7 Å². The molecule has 1 saturated heterocycles. The lowest BCUT2D eigenvalue weighted by atomic mass is 10.0. The van der Waals surface area contributed by atoms with Gasteiger partial charge < -0.3 is 14.7 Å². The minimum absolute atomic E-state index is 0.155. The van der Waals surface area contributed by atoms with E-state index in [9.17, 15) is 10.1 Å². The summed E-state index contributed by atoms with van der Waals surface area (Å²) in [6, 6.07) is 11.3. The quantitative estimate of drug-likeness (QED) is 0.469. The van der Waals surface area contributed by atoms with Gasteiger partial charge in [0.05, 0.1) is 23.2 Å². The van der Waals surface area contributed by atoms with Crippen LogP contribution in [0.25, 0.3) is 22.0 Å². The minimum atomic E-state index is -0.587. The Morgan fingerprint density at radius 1 is 1.20 bits per heavy atom. The number of amides is 1. The zero-order chi connectivity index (χ0) is 25.1. The minimum Gasteiger partial charge on any atom is -0.351 e. The molecular weight excluding hydrogens is 483 g/mol. The summed E-state index contributed by atoms with van der Waals surface area (Å²) in [4.78, 5) is 27.3. The molecule has 0 bridgehead atoms. The molecule has 1 amide bonds. The number of nitrogens with zero attached hydrogens (tertiary/aromatic N) is 6. The Labute approximate surface area is 215 Å². The van der Waals surface area contributed by atoms with Crippen molar-refractivity contribution in [2.45, 2.75) is 13.0 Å². The molecule has 2 heterocycles. The van der Waals surface area contributed by atoms with Crippen LogP contribution in [0.2, 0.25) is 10.0 Å². The van der Waals surface area contributed by atoms with Gasteiger partial charge in [0.25, 0.3) is 0 Å². The normalized spacial score (nSPS) is 16.3. The van der Waals surface area contributed by atoms with E-state index >= 15 is 0 Å². The number of hydrogen-bond acceptors (Lipinski definition) is 6. The van der Waals surface area contributed by atoms with Crippen LogP contribution in [0.4, 0.5) is 5.82 Å². The molecule has 1 aliphatic rings. The van der Waals surface area contributed by atoms with Crippen LogP contribution >= 0.6 is 23.2 Å². The molecule has 1 aliphatic heterocycles. The number of rotatable bonds is 5. The van der Waals surface area contributed by atoms with Gasteiger partial charge in [0.1, 0.15) is 18.2 Å². The Hall–Kier alpha value is -3.18. The highest BCUT2D eigenvalue weighted by Crippen LogP contribution is 2.36. The van der Waals surface area contributed by atoms with Gasteiger partial charge >= 0.3 is 0 Å². The molecule has 4 rings (SSSR count). The van der Waals surface area contributed by atoms with E-state index in [-0.39, 0.29) is 5.91 Å². The van der Waals surface area contributed by atoms with E-state index in [0.717, 1.165) is 22.1 Å². The van der Waals surface area contributed by atoms with E-state index in [1.165, 1.54) is 6.33 Å². The molecule has 3 aromatic rings. The van der Waals surface area contributed by atoms with Gasteiger partial charge in [-0.25, -0.2) is 9.97 Å². The predicted octanol–water partition coefficient (Wildman–Crippen LogP) is 4.57. The monoisotopic (exact) mass is 508 g/mol. The largest absolute Gasteiger partial charge is 0.351 e. The molecule has 1 atom stereocenters. The van der Waals surface area contributed by atoms with Gasteiger partial charge in [-0.1, -0.05) is 35.3 Å². The molecule has 7 nitrogen and oxygen atoms in total. The van der Waals surface area contributed by atoms with Crippen LogP contribution < -0.4 is 4.90 Å². The summed E-state index contributed by atoms with van der Waals surface area (Å²) in [5.74, 6) is 0.562. The number of benzene rings is 2. The maximum absolute atomic E-state index is 12.7. The van der Waals surface area contributed by atoms with E-state index in [1.54, 1.807) is 11.0 Å². The van der Waals surface area contributed by atoms with Crippen LogP contribution in [0.15, 0.2) is 48.8 Å². The van der Waals surface area contributed by atoms with Crippen molar-refractivity contribution in [3.63, 3.8) is 0 Å². The molecular formula is C26H26Cl2N6O. The molecule has 1 aromatic heterocycles. The number of carbonyl (C=O) groups excluding carboxylic acids is 1. The summed E-state index contributed by atoms with van der Waals surface area (Å²) in [5, 5.41) is 11.9. The van der Waals surface area contributed by atoms with Crippen LogP contribution in [-0.2, 0) is 4.79 Å². The van der Waals surface area contributed by atoms with Crippen LogP contribution in [-0.4, -0.2) is 72.0 Å². The molecule has 35 heavy (non-hydrogen) atoms. The summed E-state index contributed by atoms with van der Waals surface area (Å²) in [5.41, 5.74) is 3.48. The van der Waals surface area contributed by atoms with Crippen LogP contribution in [0.1, 0.15) is 5.56 Å². The zero-order valence-electron chi connectivity index (χ0n) is 19.9. The van der Waals surface area contributed by atoms with E-state index in [0.29, 0.717) is 47.6 Å². The highest BCUT2D eigenvalue weighted by molar-refractivity contribution is 6.34. The number of fused-ring (bicyclic) bond motifs is 1. The van der Waals surface area contributed by atoms with E-state index < -0.39 is 6.04 Å². The first-order valence-corrected chi connectivity index (χ1v) is 12.0. The molecule has 0 N–H and O–H groups in total. The van der Waals surface area contributed by atoms with Crippen molar-refractivity contribution in [2.75, 3.05) is 45.2 Å². The average Bonchev–Trinajstić information content (AvgIpc) is 2.84. The third-order valence-corrected chi connectivity index (χ3v) is 6.75. The van der Waals surface area contributed by atoms with Crippen LogP contribution in [0.5, 0.6) is 0 Å². The molecule has 9 heteroatoms. The third-order valence-electron chi connectivity index (χ3n) is 6.02. The first kappa shape index (κ1) is 24.9. The summed E-state index contributed by atoms with van der Waals surface area (Å²) in [6.07, 6.45) is 4.86. The predicted molar refractivity (Wildman–Crippen MR) is 141 cm³/mol. The summed E-state index contributed by atoms with van der Waals surface area (Å²) < 4.78 is 0. The Bertz CT molecular complexity index is 1330. The lowest BCUT2D eigenvalue weighted by Crippen LogP contribution is -2.54. The van der Waals surface area contributed by atoms with Crippen molar-refractivity contribution in [3.8, 4) is 17.2 Å². The second-order valence-electron chi connectivity index (χ2n) is 8.80. The summed E-state index contributed by atoms with van der Waals surface area (Å²) >= 11 is 12.8. The second kappa shape index (κ2) is 10.6. The SMILES string of the molecule is Cc1cc(-c2cc3c(N4CCN(C(=O)/C=C/CN(C)C)C(C#N)C4)ncnc3cc2Cl)ccc1Cl. The average molecular weight is 509 g/mol. The van der Waals surface area contributed by atoms with Gasteiger partial charge in [-0.3, -0.25) is 4.79 Å². The fourth-order valence-electron chi connectivity index (χ4n) is 4.16. The lowest BCUT2D eigenvalue weighted by Gasteiger charge is -2.38. The summed E-state index contributed by atoms with van der Waals surface area (Å²) in [6.45, 7) is 3.94. The maximum Gasteiger partial charge on any atom is 0.247 e. The van der Waals surface area contributed by atoms with Gasteiger partial charge in [-0.05, 0) is 56.4 Å². The number of likely N-dealkylation sites (N-methyl/N-ethyl adjacent to an activating group) is 1. The van der Waals surface area contributed by atoms with Crippen molar-refractivity contribution in [1.29, 1.82) is 5.26 Å². The number of aromatic nitrogens is 2. The number of hydrogen-bond donors (Lipinski definition) is 0. The number of anilines is 1. The summed E-state index contributed by atoms with van der Waals surface area (Å²) in [7, 11) is 3.87. The smallest absolute Gasteiger partial charge is 0.247 e. The van der Waals surface area contributed by atoms with E-state index in [4.69, 9.17) is 23.2 Å². The Kier molecular flexibility index (Phi) is 7.56. The van der Waals surface area contributed by atoms with Gasteiger partial charge in [0.2, 0.25) is 5.91 Å². The maximum atomic E-state index is 12.7. The van der Waals surface area contributed by atoms with Crippen molar-refractivity contribution in [1.82, 2.24) is 19.8 Å². The fraction of sp³-hybridized carbons (Fsp3) is 0.308. The molecule has 0 aliphatic carbocycles. The molecule has 2 aromatic carbocycles. The third kappa shape index (κ3) is 5.40. The van der Waals surface area contributed by atoms with E-state index in [1.807, 2.05) is 67.2 Å². The van der Waals surface area contributed by atoms with Crippen molar-refractivity contribution < 1.29 is 4.79 Å². The van der Waals surface area contributed by atoms with Crippen LogP contribution in [0, 0.1) is 18.3 Å².